The molecule has 182 valence electrons. The van der Waals surface area contributed by atoms with Gasteiger partial charge in [0, 0.05) is 52.7 Å². The van der Waals surface area contributed by atoms with Crippen molar-refractivity contribution in [3.8, 4) is 11.5 Å². The highest BCUT2D eigenvalue weighted by molar-refractivity contribution is 6.35. The molecule has 0 aliphatic rings. The molecule has 8 nitrogen and oxygen atoms in total. The van der Waals surface area contributed by atoms with E-state index in [4.69, 9.17) is 43.8 Å². The number of benzene rings is 2. The first-order valence-corrected chi connectivity index (χ1v) is 11.4. The molecule has 0 spiro atoms. The Labute approximate surface area is 217 Å². The number of hydrogen-bond donors (Lipinski definition) is 3. The average molecular weight is 522 g/mol. The van der Waals surface area contributed by atoms with Crippen LogP contribution in [0.25, 0.3) is 0 Å². The number of aromatic nitrogens is 2. The fraction of sp³-hybridized carbons (Fsp3) is 0.0769. The van der Waals surface area contributed by atoms with Crippen LogP contribution in [0.3, 0.4) is 0 Å². The van der Waals surface area contributed by atoms with E-state index in [0.717, 1.165) is 0 Å². The monoisotopic (exact) mass is 521 g/mol. The molecule has 4 N–H and O–H groups in total. The minimum absolute atomic E-state index is 0.111. The van der Waals surface area contributed by atoms with E-state index in [1.54, 1.807) is 54.6 Å². The van der Waals surface area contributed by atoms with Crippen molar-refractivity contribution < 1.29 is 14.3 Å². The number of amides is 1. The van der Waals surface area contributed by atoms with E-state index in [1.807, 2.05) is 0 Å². The summed E-state index contributed by atoms with van der Waals surface area (Å²) in [5, 5.41) is 12.4. The Morgan fingerprint density at radius 2 is 1.83 bits per heavy atom. The number of rotatable bonds is 8. The smallest absolute Gasteiger partial charge is 0.274 e. The number of anilines is 2. The van der Waals surface area contributed by atoms with Crippen LogP contribution in [0.4, 0.5) is 11.4 Å². The zero-order valence-corrected chi connectivity index (χ0v) is 20.6. The van der Waals surface area contributed by atoms with Crippen molar-refractivity contribution in [3.05, 3.63) is 106 Å². The molecular formula is C26H21Cl2N5O3. The van der Waals surface area contributed by atoms with Gasteiger partial charge < -0.3 is 20.5 Å². The summed E-state index contributed by atoms with van der Waals surface area (Å²) in [4.78, 5) is 20.6. The molecule has 0 saturated heterocycles. The number of hydrogen-bond acceptors (Lipinski definition) is 7. The number of nitrogens with zero attached hydrogens (tertiary/aromatic N) is 2. The third-order valence-corrected chi connectivity index (χ3v) is 5.87. The molecule has 0 aliphatic carbocycles. The molecular weight excluding hydrogens is 501 g/mol. The SMILES string of the molecule is COc1cc(NC(=O)c2ccccn2)cc(C(=N)c2cc(OCc3c(Cl)cncc3Cl)ccc2N)c1. The molecule has 10 heteroatoms. The second-order valence-corrected chi connectivity index (χ2v) is 8.43. The number of methoxy groups -OCH3 is 1. The lowest BCUT2D eigenvalue weighted by Crippen LogP contribution is -2.14. The summed E-state index contributed by atoms with van der Waals surface area (Å²) in [6.45, 7) is 0.111. The Bertz CT molecular complexity index is 1410. The predicted octanol–water partition coefficient (Wildman–Crippen LogP) is 5.62. The standard InChI is InChI=1S/C26H21Cl2N5O3/c1-35-18-9-15(8-16(10-18)33-26(34)24-4-2-3-7-32-24)25(30)19-11-17(5-6-23(19)29)36-14-20-21(27)12-31-13-22(20)28/h2-13,30H,14,29H2,1H3,(H,33,34). The predicted molar refractivity (Wildman–Crippen MR) is 141 cm³/mol. The quantitative estimate of drug-likeness (QED) is 0.204. The molecule has 1 amide bonds. The van der Waals surface area contributed by atoms with Crippen molar-refractivity contribution in [1.29, 1.82) is 5.41 Å². The Balaban J connectivity index is 1.59. The molecule has 36 heavy (non-hydrogen) atoms. The maximum absolute atomic E-state index is 12.6. The van der Waals surface area contributed by atoms with Crippen molar-refractivity contribution in [2.75, 3.05) is 18.2 Å². The van der Waals surface area contributed by atoms with Gasteiger partial charge in [0.2, 0.25) is 0 Å². The van der Waals surface area contributed by atoms with Gasteiger partial charge in [-0.3, -0.25) is 20.2 Å². The number of halogens is 2. The number of ether oxygens (including phenoxy) is 2. The van der Waals surface area contributed by atoms with Crippen molar-refractivity contribution in [2.24, 2.45) is 0 Å². The van der Waals surface area contributed by atoms with Crippen LogP contribution in [-0.2, 0) is 6.61 Å². The number of pyridine rings is 2. The van der Waals surface area contributed by atoms with Gasteiger partial charge in [0.1, 0.15) is 23.8 Å². The van der Waals surface area contributed by atoms with Crippen LogP contribution < -0.4 is 20.5 Å². The maximum Gasteiger partial charge on any atom is 0.274 e. The molecule has 2 aromatic heterocycles. The normalized spacial score (nSPS) is 10.5. The van der Waals surface area contributed by atoms with E-state index in [2.05, 4.69) is 15.3 Å². The molecule has 0 bridgehead atoms. The molecule has 4 aromatic rings. The fourth-order valence-corrected chi connectivity index (χ4v) is 3.83. The Morgan fingerprint density at radius 3 is 2.53 bits per heavy atom. The molecule has 0 fully saturated rings. The first-order chi connectivity index (χ1) is 17.4. The summed E-state index contributed by atoms with van der Waals surface area (Å²) >= 11 is 12.3. The zero-order chi connectivity index (χ0) is 25.7. The number of carbonyl (C=O) groups excluding carboxylic acids is 1. The third kappa shape index (κ3) is 5.73. The van der Waals surface area contributed by atoms with E-state index >= 15 is 0 Å². The number of carbonyl (C=O) groups is 1. The summed E-state index contributed by atoms with van der Waals surface area (Å²) in [5.41, 5.74) is 8.92. The van der Waals surface area contributed by atoms with Gasteiger partial charge in [-0.15, -0.1) is 0 Å². The highest BCUT2D eigenvalue weighted by atomic mass is 35.5. The van der Waals surface area contributed by atoms with Crippen LogP contribution in [0.2, 0.25) is 10.0 Å². The zero-order valence-electron chi connectivity index (χ0n) is 19.1. The number of nitrogen functional groups attached to an aromatic ring is 1. The highest BCUT2D eigenvalue weighted by Crippen LogP contribution is 2.29. The lowest BCUT2D eigenvalue weighted by molar-refractivity contribution is 0.102. The fourth-order valence-electron chi connectivity index (χ4n) is 3.35. The first kappa shape index (κ1) is 25.0. The Kier molecular flexibility index (Phi) is 7.68. The topological polar surface area (TPSA) is 123 Å². The van der Waals surface area contributed by atoms with E-state index < -0.39 is 0 Å². The van der Waals surface area contributed by atoms with Crippen molar-refractivity contribution in [2.45, 2.75) is 6.61 Å². The van der Waals surface area contributed by atoms with E-state index in [0.29, 0.717) is 49.6 Å². The minimum Gasteiger partial charge on any atom is -0.497 e. The number of nitrogens with two attached hydrogens (primary N) is 1. The summed E-state index contributed by atoms with van der Waals surface area (Å²) in [7, 11) is 1.51. The summed E-state index contributed by atoms with van der Waals surface area (Å²) < 4.78 is 11.3. The van der Waals surface area contributed by atoms with Gasteiger partial charge in [0.25, 0.3) is 5.91 Å². The molecule has 0 unspecified atom stereocenters. The van der Waals surface area contributed by atoms with Crippen molar-refractivity contribution in [1.82, 2.24) is 9.97 Å². The second kappa shape index (κ2) is 11.1. The Hall–Kier alpha value is -4.14. The van der Waals surface area contributed by atoms with Crippen LogP contribution in [0.15, 0.2) is 73.2 Å². The van der Waals surface area contributed by atoms with E-state index in [1.165, 1.54) is 25.7 Å². The van der Waals surface area contributed by atoms with Crippen molar-refractivity contribution >= 4 is 46.2 Å². The molecule has 0 atom stereocenters. The van der Waals surface area contributed by atoms with Crippen molar-refractivity contribution in [3.63, 3.8) is 0 Å². The molecule has 2 heterocycles. The summed E-state index contributed by atoms with van der Waals surface area (Å²) in [6.07, 6.45) is 4.52. The van der Waals surface area contributed by atoms with Crippen LogP contribution in [0, 0.1) is 5.41 Å². The van der Waals surface area contributed by atoms with Crippen LogP contribution in [-0.4, -0.2) is 28.7 Å². The molecule has 4 rings (SSSR count). The van der Waals surface area contributed by atoms with Crippen LogP contribution >= 0.6 is 23.2 Å². The van der Waals surface area contributed by atoms with Gasteiger partial charge in [-0.25, -0.2) is 0 Å². The largest absolute Gasteiger partial charge is 0.497 e. The highest BCUT2D eigenvalue weighted by Gasteiger charge is 2.15. The molecule has 0 saturated carbocycles. The average Bonchev–Trinajstić information content (AvgIpc) is 2.89. The maximum atomic E-state index is 12.6. The summed E-state index contributed by atoms with van der Waals surface area (Å²) in [6, 6.07) is 15.1. The second-order valence-electron chi connectivity index (χ2n) is 7.61. The number of nitrogens with one attached hydrogen (secondary N) is 2. The van der Waals surface area contributed by atoms with Crippen LogP contribution in [0.1, 0.15) is 27.2 Å². The Morgan fingerprint density at radius 1 is 1.06 bits per heavy atom. The molecule has 0 radical (unpaired) electrons. The van der Waals surface area contributed by atoms with Gasteiger partial charge >= 0.3 is 0 Å². The van der Waals surface area contributed by atoms with Gasteiger partial charge in [0.15, 0.2) is 0 Å². The third-order valence-electron chi connectivity index (χ3n) is 5.22. The van der Waals surface area contributed by atoms with Gasteiger partial charge in [-0.05, 0) is 42.5 Å². The van der Waals surface area contributed by atoms with E-state index in [-0.39, 0.29) is 23.9 Å². The molecule has 0 aliphatic heterocycles. The van der Waals surface area contributed by atoms with Gasteiger partial charge in [0.05, 0.1) is 22.9 Å². The van der Waals surface area contributed by atoms with Crippen LogP contribution in [0.5, 0.6) is 11.5 Å². The lowest BCUT2D eigenvalue weighted by atomic mass is 9.99. The molecule has 2 aromatic carbocycles. The first-order valence-electron chi connectivity index (χ1n) is 10.7. The minimum atomic E-state index is -0.385. The van der Waals surface area contributed by atoms with E-state index in [9.17, 15) is 4.79 Å². The van der Waals surface area contributed by atoms with Gasteiger partial charge in [-0.1, -0.05) is 29.3 Å². The lowest BCUT2D eigenvalue weighted by Gasteiger charge is -2.14. The van der Waals surface area contributed by atoms with Gasteiger partial charge in [-0.2, -0.15) is 0 Å². The summed E-state index contributed by atoms with van der Waals surface area (Å²) in [5.74, 6) is 0.547.